The number of carboxylic acid groups (broad SMARTS) is 1. The summed E-state index contributed by atoms with van der Waals surface area (Å²) in [7, 11) is 0. The van der Waals surface area contributed by atoms with Crippen LogP contribution in [-0.4, -0.2) is 66.9 Å². The van der Waals surface area contributed by atoms with Crippen LogP contribution in [0.3, 0.4) is 0 Å². The normalized spacial score (nSPS) is 17.5. The Balaban J connectivity index is 1.29. The third-order valence-corrected chi connectivity index (χ3v) is 10.6. The molecule has 45 heavy (non-hydrogen) atoms. The molecule has 0 radical (unpaired) electrons. The molecule has 2 atom stereocenters. The summed E-state index contributed by atoms with van der Waals surface area (Å²) in [5.41, 5.74) is 2.18. The SMILES string of the molecule is Cc1nnc(SCC2=C(C(=O)OC(c3ccccc3)c3ccccc3)N3C(=O)C(NC(=O)c4ccccc4C(=O)O)[C@H]3SC2)s1. The third kappa shape index (κ3) is 6.37. The molecule has 0 spiro atoms. The number of β-lactam (4-membered cyclic amide) rings is 1. The molecule has 2 N–H and O–H groups in total. The van der Waals surface area contributed by atoms with Crippen molar-refractivity contribution in [2.24, 2.45) is 0 Å². The molecule has 3 heterocycles. The highest BCUT2D eigenvalue weighted by molar-refractivity contribution is 8.01. The summed E-state index contributed by atoms with van der Waals surface area (Å²) >= 11 is 4.28. The smallest absolute Gasteiger partial charge is 0.356 e. The number of benzene rings is 3. The van der Waals surface area contributed by atoms with E-state index in [-0.39, 0.29) is 16.8 Å². The van der Waals surface area contributed by atoms with Crippen LogP contribution in [0.1, 0.15) is 43.0 Å². The van der Waals surface area contributed by atoms with Gasteiger partial charge in [-0.05, 0) is 35.8 Å². The first-order chi connectivity index (χ1) is 21.8. The van der Waals surface area contributed by atoms with E-state index in [4.69, 9.17) is 4.74 Å². The Bertz CT molecular complexity index is 1760. The van der Waals surface area contributed by atoms with Gasteiger partial charge < -0.3 is 15.2 Å². The van der Waals surface area contributed by atoms with Crippen molar-refractivity contribution in [3.63, 3.8) is 0 Å². The van der Waals surface area contributed by atoms with Crippen molar-refractivity contribution in [3.05, 3.63) is 123 Å². The number of carbonyl (C=O) groups excluding carboxylic acids is 3. The Morgan fingerprint density at radius 2 is 1.60 bits per heavy atom. The average molecular weight is 659 g/mol. The van der Waals surface area contributed by atoms with Gasteiger partial charge in [0.05, 0.1) is 11.1 Å². The first kappa shape index (κ1) is 30.6. The lowest BCUT2D eigenvalue weighted by atomic mass is 10.00. The molecule has 1 fully saturated rings. The molecule has 1 unspecified atom stereocenters. The number of amides is 2. The van der Waals surface area contributed by atoms with Crippen molar-refractivity contribution in [1.82, 2.24) is 20.4 Å². The number of hydrogen-bond donors (Lipinski definition) is 2. The second-order valence-corrected chi connectivity index (χ2v) is 13.7. The fraction of sp³-hybridized carbons (Fsp3) is 0.188. The molecule has 13 heteroatoms. The molecule has 3 aromatic carbocycles. The number of carbonyl (C=O) groups is 4. The first-order valence-electron chi connectivity index (χ1n) is 13.9. The van der Waals surface area contributed by atoms with Crippen molar-refractivity contribution >= 4 is 58.6 Å². The molecule has 2 aliphatic rings. The van der Waals surface area contributed by atoms with Crippen LogP contribution in [0.2, 0.25) is 0 Å². The summed E-state index contributed by atoms with van der Waals surface area (Å²) in [5, 5.41) is 20.7. The summed E-state index contributed by atoms with van der Waals surface area (Å²) in [6.07, 6.45) is -0.723. The summed E-state index contributed by atoms with van der Waals surface area (Å²) in [5.74, 6) is -2.28. The number of ether oxygens (including phenoxy) is 1. The summed E-state index contributed by atoms with van der Waals surface area (Å²) in [6, 6.07) is 23.6. The molecule has 2 amide bonds. The van der Waals surface area contributed by atoms with Crippen LogP contribution in [0.4, 0.5) is 0 Å². The highest BCUT2D eigenvalue weighted by Crippen LogP contribution is 2.43. The number of nitrogens with one attached hydrogen (secondary N) is 1. The van der Waals surface area contributed by atoms with E-state index in [1.165, 1.54) is 58.0 Å². The molecule has 0 bridgehead atoms. The van der Waals surface area contributed by atoms with Gasteiger partial charge in [-0.1, -0.05) is 95.9 Å². The van der Waals surface area contributed by atoms with Gasteiger partial charge in [0.2, 0.25) is 0 Å². The standard InChI is InChI=1S/C32H26N4O6S3/c1-18-34-35-32(45-18)44-17-21-16-43-29-24(33-27(37)22-14-8-9-15-23(22)30(39)40)28(38)36(29)25(21)31(41)42-26(19-10-4-2-5-11-19)20-12-6-3-7-13-20/h2-15,24,26,29H,16-17H2,1H3,(H,33,37)(H,39,40)/t24?,29-/m1/s1. The minimum absolute atomic E-state index is 0.0507. The zero-order valence-electron chi connectivity index (χ0n) is 23.8. The fourth-order valence-corrected chi connectivity index (χ4v) is 8.40. The monoisotopic (exact) mass is 658 g/mol. The Labute approximate surface area is 270 Å². The van der Waals surface area contributed by atoms with E-state index in [2.05, 4.69) is 15.5 Å². The van der Waals surface area contributed by atoms with Gasteiger partial charge in [0.25, 0.3) is 11.8 Å². The topological polar surface area (TPSA) is 139 Å². The number of aromatic nitrogens is 2. The molecule has 1 saturated heterocycles. The largest absolute Gasteiger partial charge is 0.478 e. The molecule has 0 aliphatic carbocycles. The van der Waals surface area contributed by atoms with E-state index >= 15 is 0 Å². The van der Waals surface area contributed by atoms with Crippen LogP contribution < -0.4 is 5.32 Å². The van der Waals surface area contributed by atoms with Crippen LogP contribution in [0.25, 0.3) is 0 Å². The summed E-state index contributed by atoms with van der Waals surface area (Å²) in [4.78, 5) is 54.0. The number of nitrogens with zero attached hydrogens (tertiary/aromatic N) is 3. The fourth-order valence-electron chi connectivity index (χ4n) is 5.10. The molecule has 2 aliphatic heterocycles. The highest BCUT2D eigenvalue weighted by atomic mass is 32.2. The Morgan fingerprint density at radius 1 is 0.978 bits per heavy atom. The van der Waals surface area contributed by atoms with Gasteiger partial charge in [0, 0.05) is 11.5 Å². The van der Waals surface area contributed by atoms with E-state index in [1.54, 1.807) is 6.07 Å². The number of aromatic carboxylic acids is 1. The predicted octanol–water partition coefficient (Wildman–Crippen LogP) is 4.94. The Hall–Kier alpha value is -4.46. The Kier molecular flexibility index (Phi) is 9.01. The lowest BCUT2D eigenvalue weighted by Crippen LogP contribution is -2.70. The van der Waals surface area contributed by atoms with E-state index in [1.807, 2.05) is 67.6 Å². The van der Waals surface area contributed by atoms with Gasteiger partial charge >= 0.3 is 11.9 Å². The second-order valence-electron chi connectivity index (χ2n) is 10.1. The van der Waals surface area contributed by atoms with Crippen LogP contribution in [-0.2, 0) is 14.3 Å². The van der Waals surface area contributed by atoms with E-state index in [0.29, 0.717) is 17.1 Å². The van der Waals surface area contributed by atoms with Gasteiger partial charge in [-0.3, -0.25) is 14.5 Å². The van der Waals surface area contributed by atoms with Crippen LogP contribution in [0.5, 0.6) is 0 Å². The quantitative estimate of drug-likeness (QED) is 0.137. The maximum Gasteiger partial charge on any atom is 0.356 e. The maximum atomic E-state index is 14.1. The third-order valence-electron chi connectivity index (χ3n) is 7.24. The lowest BCUT2D eigenvalue weighted by molar-refractivity contribution is -0.153. The average Bonchev–Trinajstić information content (AvgIpc) is 3.49. The molecule has 0 saturated carbocycles. The van der Waals surface area contributed by atoms with Crippen LogP contribution >= 0.6 is 34.9 Å². The van der Waals surface area contributed by atoms with Gasteiger partial charge in [0.15, 0.2) is 10.4 Å². The van der Waals surface area contributed by atoms with Crippen molar-refractivity contribution in [2.75, 3.05) is 11.5 Å². The number of fused-ring (bicyclic) bond motifs is 1. The van der Waals surface area contributed by atoms with Crippen molar-refractivity contribution in [2.45, 2.75) is 28.8 Å². The highest BCUT2D eigenvalue weighted by Gasteiger charge is 2.54. The minimum atomic E-state index is -1.25. The van der Waals surface area contributed by atoms with Gasteiger partial charge in [-0.15, -0.1) is 22.0 Å². The van der Waals surface area contributed by atoms with Crippen LogP contribution in [0, 0.1) is 6.92 Å². The number of esters is 1. The molecule has 1 aromatic heterocycles. The number of rotatable bonds is 10. The van der Waals surface area contributed by atoms with Crippen molar-refractivity contribution < 1.29 is 29.0 Å². The number of carboxylic acids is 1. The second kappa shape index (κ2) is 13.3. The summed E-state index contributed by atoms with van der Waals surface area (Å²) < 4.78 is 6.93. The summed E-state index contributed by atoms with van der Waals surface area (Å²) in [6.45, 7) is 1.86. The van der Waals surface area contributed by atoms with Crippen molar-refractivity contribution in [3.8, 4) is 0 Å². The minimum Gasteiger partial charge on any atom is -0.478 e. The molecule has 6 rings (SSSR count). The van der Waals surface area contributed by atoms with Gasteiger partial charge in [0.1, 0.15) is 22.1 Å². The molecule has 4 aromatic rings. The van der Waals surface area contributed by atoms with E-state index in [0.717, 1.165) is 20.5 Å². The zero-order valence-corrected chi connectivity index (χ0v) is 26.2. The predicted molar refractivity (Wildman–Crippen MR) is 171 cm³/mol. The van der Waals surface area contributed by atoms with Crippen molar-refractivity contribution in [1.29, 1.82) is 0 Å². The van der Waals surface area contributed by atoms with Gasteiger partial charge in [-0.2, -0.15) is 0 Å². The van der Waals surface area contributed by atoms with Gasteiger partial charge in [-0.25, -0.2) is 9.59 Å². The lowest BCUT2D eigenvalue weighted by Gasteiger charge is -2.49. The van der Waals surface area contributed by atoms with E-state index in [9.17, 15) is 24.3 Å². The first-order valence-corrected chi connectivity index (χ1v) is 16.7. The molecule has 10 nitrogen and oxygen atoms in total. The zero-order chi connectivity index (χ0) is 31.5. The maximum absolute atomic E-state index is 14.1. The van der Waals surface area contributed by atoms with Crippen LogP contribution in [0.15, 0.2) is 101 Å². The molecular formula is C32H26N4O6S3. The number of thioether (sulfide) groups is 2. The number of aryl methyl sites for hydroxylation is 1. The van der Waals surface area contributed by atoms with E-state index < -0.39 is 41.3 Å². The molecule has 228 valence electrons. The molecular weight excluding hydrogens is 633 g/mol. The Morgan fingerprint density at radius 3 is 2.20 bits per heavy atom. The number of hydrogen-bond acceptors (Lipinski definition) is 10.